The molecule has 0 aromatic heterocycles. The number of nitriles is 1. The van der Waals surface area contributed by atoms with Crippen molar-refractivity contribution in [3.63, 3.8) is 0 Å². The summed E-state index contributed by atoms with van der Waals surface area (Å²) in [6.45, 7) is 2.30. The van der Waals surface area contributed by atoms with Crippen LogP contribution in [0.25, 0.3) is 0 Å². The fourth-order valence-electron chi connectivity index (χ4n) is 4.76. The molecular formula is C25H38FN. The molecule has 2 saturated carbocycles. The van der Waals surface area contributed by atoms with Gasteiger partial charge in [0, 0.05) is 0 Å². The molecule has 0 radical (unpaired) electrons. The molecule has 27 heavy (non-hydrogen) atoms. The third-order valence-corrected chi connectivity index (χ3v) is 6.63. The van der Waals surface area contributed by atoms with Crippen molar-refractivity contribution in [3.8, 4) is 6.07 Å². The second-order valence-electron chi connectivity index (χ2n) is 8.72. The summed E-state index contributed by atoms with van der Waals surface area (Å²) in [7, 11) is 0. The first kappa shape index (κ1) is 21.9. The summed E-state index contributed by atoms with van der Waals surface area (Å²) in [6, 6.07) is 1.49. The van der Waals surface area contributed by atoms with E-state index in [0.717, 1.165) is 30.1 Å². The zero-order chi connectivity index (χ0) is 19.3. The maximum atomic E-state index is 12.7. The molecule has 1 nitrogen and oxygen atoms in total. The lowest BCUT2D eigenvalue weighted by atomic mass is 9.77. The van der Waals surface area contributed by atoms with Gasteiger partial charge in [-0.05, 0) is 94.0 Å². The van der Waals surface area contributed by atoms with Crippen LogP contribution in [0.4, 0.5) is 4.39 Å². The highest BCUT2D eigenvalue weighted by molar-refractivity contribution is 5.18. The van der Waals surface area contributed by atoms with Crippen LogP contribution in [0.1, 0.15) is 90.4 Å². The number of hydrogen-bond donors (Lipinski definition) is 0. The molecule has 0 bridgehead atoms. The molecule has 0 heterocycles. The Labute approximate surface area is 166 Å². The third-order valence-electron chi connectivity index (χ3n) is 6.63. The molecule has 0 aliphatic heterocycles. The molecule has 0 unspecified atom stereocenters. The van der Waals surface area contributed by atoms with Gasteiger partial charge < -0.3 is 0 Å². The maximum absolute atomic E-state index is 12.7. The largest absolute Gasteiger partial charge is 0.199 e. The number of nitrogens with zero attached hydrogens (tertiary/aromatic N) is 1. The van der Waals surface area contributed by atoms with Crippen LogP contribution in [0.5, 0.6) is 0 Å². The first-order valence-electron chi connectivity index (χ1n) is 11.3. The van der Waals surface area contributed by atoms with Gasteiger partial charge in [0.05, 0.1) is 0 Å². The number of rotatable bonds is 9. The van der Waals surface area contributed by atoms with Gasteiger partial charge in [-0.1, -0.05) is 50.5 Å². The fourth-order valence-corrected chi connectivity index (χ4v) is 4.76. The third kappa shape index (κ3) is 8.91. The van der Waals surface area contributed by atoms with Crippen LogP contribution in [0.2, 0.25) is 0 Å². The normalized spacial score (nSPS) is 30.0. The highest BCUT2D eigenvalue weighted by Crippen LogP contribution is 2.35. The van der Waals surface area contributed by atoms with E-state index in [2.05, 4.69) is 19.1 Å². The number of hydrogen-bond acceptors (Lipinski definition) is 1. The molecule has 0 aromatic rings. The Morgan fingerprint density at radius 3 is 2.00 bits per heavy atom. The molecular weight excluding hydrogens is 333 g/mol. The van der Waals surface area contributed by atoms with Crippen molar-refractivity contribution < 1.29 is 4.39 Å². The average molecular weight is 372 g/mol. The number of allylic oxidation sites excluding steroid dienone is 6. The summed E-state index contributed by atoms with van der Waals surface area (Å²) >= 11 is 0. The molecule has 0 saturated heterocycles. The maximum Gasteiger partial charge on any atom is 0.199 e. The smallest absolute Gasteiger partial charge is 0.195 e. The average Bonchev–Trinajstić information content (AvgIpc) is 2.72. The predicted octanol–water partition coefficient (Wildman–Crippen LogP) is 8.06. The summed E-state index contributed by atoms with van der Waals surface area (Å²) in [4.78, 5) is 0. The van der Waals surface area contributed by atoms with E-state index < -0.39 is 5.83 Å². The molecule has 0 spiro atoms. The van der Waals surface area contributed by atoms with E-state index in [9.17, 15) is 4.39 Å². The van der Waals surface area contributed by atoms with E-state index in [1.54, 1.807) is 6.08 Å². The van der Waals surface area contributed by atoms with Crippen molar-refractivity contribution in [2.75, 3.05) is 0 Å². The molecule has 2 aliphatic carbocycles. The standard InChI is InChI=1S/C25H38FN/c1-2-3-7-21-10-14-23(15-11-21)18-19-24-16-12-22(13-17-24)8-5-4-6-9-25(26)20-27/h4,6,9,18-19,21-24H,2-3,5,7-8,10-17H2,1H3/b6-4?,19-18+,25-9?. The van der Waals surface area contributed by atoms with Crippen LogP contribution >= 0.6 is 0 Å². The van der Waals surface area contributed by atoms with Gasteiger partial charge in [0.2, 0.25) is 0 Å². The monoisotopic (exact) mass is 371 g/mol. The number of halogens is 1. The lowest BCUT2D eigenvalue weighted by Crippen LogP contribution is -2.15. The van der Waals surface area contributed by atoms with Crippen LogP contribution in [0.3, 0.4) is 0 Å². The molecule has 2 rings (SSSR count). The van der Waals surface area contributed by atoms with Crippen molar-refractivity contribution in [1.29, 1.82) is 5.26 Å². The highest BCUT2D eigenvalue weighted by atomic mass is 19.1. The van der Waals surface area contributed by atoms with E-state index in [1.807, 2.05) is 6.08 Å². The molecule has 2 fully saturated rings. The Hall–Kier alpha value is -1.36. The van der Waals surface area contributed by atoms with Gasteiger partial charge in [-0.2, -0.15) is 9.65 Å². The van der Waals surface area contributed by atoms with Gasteiger partial charge in [-0.3, -0.25) is 0 Å². The molecule has 0 amide bonds. The Kier molecular flexibility index (Phi) is 10.5. The van der Waals surface area contributed by atoms with Crippen LogP contribution in [0, 0.1) is 35.0 Å². The van der Waals surface area contributed by atoms with Gasteiger partial charge in [0.15, 0.2) is 5.83 Å². The zero-order valence-electron chi connectivity index (χ0n) is 17.2. The second kappa shape index (κ2) is 12.9. The summed E-state index contributed by atoms with van der Waals surface area (Å²) in [5.74, 6) is 2.74. The van der Waals surface area contributed by atoms with E-state index in [4.69, 9.17) is 5.26 Å². The second-order valence-corrected chi connectivity index (χ2v) is 8.72. The quantitative estimate of drug-likeness (QED) is 0.228. The highest BCUT2D eigenvalue weighted by Gasteiger charge is 2.21. The molecule has 0 atom stereocenters. The van der Waals surface area contributed by atoms with Crippen molar-refractivity contribution in [2.45, 2.75) is 90.4 Å². The Balaban J connectivity index is 1.58. The van der Waals surface area contributed by atoms with Gasteiger partial charge in [0.25, 0.3) is 0 Å². The number of unbranched alkanes of at least 4 members (excludes halogenated alkanes) is 1. The van der Waals surface area contributed by atoms with Crippen molar-refractivity contribution in [3.05, 3.63) is 36.2 Å². The molecule has 0 aromatic carbocycles. The molecule has 2 heteroatoms. The van der Waals surface area contributed by atoms with Gasteiger partial charge >= 0.3 is 0 Å². The first-order valence-corrected chi connectivity index (χ1v) is 11.3. The van der Waals surface area contributed by atoms with Crippen LogP contribution in [-0.4, -0.2) is 0 Å². The minimum absolute atomic E-state index is 0.715. The van der Waals surface area contributed by atoms with Crippen LogP contribution in [-0.2, 0) is 0 Å². The Bertz CT molecular complexity index is 523. The van der Waals surface area contributed by atoms with Crippen LogP contribution < -0.4 is 0 Å². The van der Waals surface area contributed by atoms with E-state index in [1.165, 1.54) is 89.2 Å². The zero-order valence-corrected chi connectivity index (χ0v) is 17.2. The lowest BCUT2D eigenvalue weighted by Gasteiger charge is -2.28. The SMILES string of the molecule is CCCCC1CCC(/C=C/C2CCC(CCC=CC=C(F)C#N)CC2)CC1. The van der Waals surface area contributed by atoms with Gasteiger partial charge in [-0.15, -0.1) is 0 Å². The topological polar surface area (TPSA) is 23.8 Å². The lowest BCUT2D eigenvalue weighted by molar-refractivity contribution is 0.283. The van der Waals surface area contributed by atoms with E-state index in [0.29, 0.717) is 0 Å². The van der Waals surface area contributed by atoms with Crippen molar-refractivity contribution in [1.82, 2.24) is 0 Å². The summed E-state index contributed by atoms with van der Waals surface area (Å²) in [5, 5.41) is 8.36. The molecule has 150 valence electrons. The summed E-state index contributed by atoms with van der Waals surface area (Å²) < 4.78 is 12.7. The van der Waals surface area contributed by atoms with E-state index in [-0.39, 0.29) is 0 Å². The van der Waals surface area contributed by atoms with Crippen molar-refractivity contribution >= 4 is 0 Å². The van der Waals surface area contributed by atoms with Gasteiger partial charge in [-0.25, -0.2) is 0 Å². The van der Waals surface area contributed by atoms with Crippen LogP contribution in [0.15, 0.2) is 36.2 Å². The fraction of sp³-hybridized carbons (Fsp3) is 0.720. The predicted molar refractivity (Wildman–Crippen MR) is 113 cm³/mol. The van der Waals surface area contributed by atoms with Crippen molar-refractivity contribution in [2.24, 2.45) is 23.7 Å². The Morgan fingerprint density at radius 1 is 0.926 bits per heavy atom. The summed E-state index contributed by atoms with van der Waals surface area (Å²) in [5.41, 5.74) is 0. The minimum Gasteiger partial charge on any atom is -0.195 e. The van der Waals surface area contributed by atoms with Gasteiger partial charge in [0.1, 0.15) is 6.07 Å². The minimum atomic E-state index is -0.715. The first-order chi connectivity index (χ1) is 13.2. The Morgan fingerprint density at radius 2 is 1.48 bits per heavy atom. The molecule has 0 N–H and O–H groups in total. The summed E-state index contributed by atoms with van der Waals surface area (Å²) in [6.07, 6.45) is 27.4. The van der Waals surface area contributed by atoms with E-state index >= 15 is 0 Å². The molecule has 2 aliphatic rings.